The summed E-state index contributed by atoms with van der Waals surface area (Å²) in [4.78, 5) is 0. The number of thiophene rings is 1. The summed E-state index contributed by atoms with van der Waals surface area (Å²) in [5.74, 6) is 0. The predicted molar refractivity (Wildman–Crippen MR) is 244 cm³/mol. The SMILES string of the molecule is c1ccc(-c2ccc(-n3c4ccccc4c4cc(-c5ccc6c(c5)c5c(-c7ccccc7)cccc5n6-c5ccc6c(c5)sc5ccccc56)ccc43)cc2)cc1. The van der Waals surface area contributed by atoms with Gasteiger partial charge in [-0.25, -0.2) is 0 Å². The van der Waals surface area contributed by atoms with Crippen LogP contribution in [-0.4, -0.2) is 9.13 Å². The molecule has 3 aromatic heterocycles. The number of hydrogen-bond acceptors (Lipinski definition) is 1. The highest BCUT2D eigenvalue weighted by atomic mass is 32.1. The molecule has 57 heavy (non-hydrogen) atoms. The van der Waals surface area contributed by atoms with Gasteiger partial charge in [-0.15, -0.1) is 11.3 Å². The molecule has 0 radical (unpaired) electrons. The van der Waals surface area contributed by atoms with Crippen LogP contribution in [0.3, 0.4) is 0 Å². The quantitative estimate of drug-likeness (QED) is 0.166. The van der Waals surface area contributed by atoms with Crippen LogP contribution < -0.4 is 0 Å². The molecule has 0 saturated carbocycles. The number of benzene rings is 9. The molecule has 0 N–H and O–H groups in total. The van der Waals surface area contributed by atoms with Crippen LogP contribution in [-0.2, 0) is 0 Å². The van der Waals surface area contributed by atoms with E-state index in [2.05, 4.69) is 215 Å². The molecule has 3 heteroatoms. The lowest BCUT2D eigenvalue weighted by atomic mass is 9.97. The molecule has 0 spiro atoms. The second-order valence-electron chi connectivity index (χ2n) is 14.9. The first kappa shape index (κ1) is 32.1. The fourth-order valence-electron chi connectivity index (χ4n) is 9.10. The molecule has 0 fully saturated rings. The monoisotopic (exact) mass is 742 g/mol. The highest BCUT2D eigenvalue weighted by molar-refractivity contribution is 7.25. The zero-order chi connectivity index (χ0) is 37.5. The van der Waals surface area contributed by atoms with E-state index in [9.17, 15) is 0 Å². The average molecular weight is 743 g/mol. The lowest BCUT2D eigenvalue weighted by molar-refractivity contribution is 1.18. The summed E-state index contributed by atoms with van der Waals surface area (Å²) in [6.45, 7) is 0. The lowest BCUT2D eigenvalue weighted by Gasteiger charge is -2.10. The molecule has 3 heterocycles. The number of nitrogens with zero attached hydrogens (tertiary/aromatic N) is 2. The lowest BCUT2D eigenvalue weighted by Crippen LogP contribution is -1.94. The van der Waals surface area contributed by atoms with E-state index in [0.717, 1.165) is 5.69 Å². The van der Waals surface area contributed by atoms with Gasteiger partial charge in [0.2, 0.25) is 0 Å². The van der Waals surface area contributed by atoms with Crippen LogP contribution in [0.1, 0.15) is 0 Å². The first-order valence-electron chi connectivity index (χ1n) is 19.5. The van der Waals surface area contributed by atoms with E-state index in [0.29, 0.717) is 0 Å². The summed E-state index contributed by atoms with van der Waals surface area (Å²) < 4.78 is 7.49. The van der Waals surface area contributed by atoms with Gasteiger partial charge >= 0.3 is 0 Å². The predicted octanol–water partition coefficient (Wildman–Crippen LogP) is 15.2. The Bertz CT molecular complexity index is 3490. The smallest absolute Gasteiger partial charge is 0.0547 e. The molecule has 0 bridgehead atoms. The van der Waals surface area contributed by atoms with Crippen molar-refractivity contribution in [1.82, 2.24) is 9.13 Å². The molecular weight excluding hydrogens is 709 g/mol. The minimum absolute atomic E-state index is 1.16. The van der Waals surface area contributed by atoms with Gasteiger partial charge in [0.05, 0.1) is 22.1 Å². The molecule has 0 saturated heterocycles. The molecule has 0 aliphatic heterocycles. The third-order valence-corrected chi connectivity index (χ3v) is 12.9. The maximum Gasteiger partial charge on any atom is 0.0547 e. The Labute approximate surface area is 333 Å². The van der Waals surface area contributed by atoms with Crippen molar-refractivity contribution >= 4 is 75.1 Å². The van der Waals surface area contributed by atoms with Crippen molar-refractivity contribution in [2.75, 3.05) is 0 Å². The highest BCUT2D eigenvalue weighted by Crippen LogP contribution is 2.43. The Kier molecular flexibility index (Phi) is 7.13. The van der Waals surface area contributed by atoms with Gasteiger partial charge in [0.1, 0.15) is 0 Å². The first-order valence-corrected chi connectivity index (χ1v) is 20.3. The molecule has 266 valence electrons. The van der Waals surface area contributed by atoms with Crippen molar-refractivity contribution in [3.8, 4) is 44.8 Å². The van der Waals surface area contributed by atoms with Crippen molar-refractivity contribution in [2.24, 2.45) is 0 Å². The number of fused-ring (bicyclic) bond motifs is 9. The van der Waals surface area contributed by atoms with Crippen molar-refractivity contribution in [3.05, 3.63) is 206 Å². The normalized spacial score (nSPS) is 11.9. The van der Waals surface area contributed by atoms with Crippen LogP contribution in [0.4, 0.5) is 0 Å². The van der Waals surface area contributed by atoms with Crippen molar-refractivity contribution < 1.29 is 0 Å². The summed E-state index contributed by atoms with van der Waals surface area (Å²) in [6, 6.07) is 75.7. The van der Waals surface area contributed by atoms with Gasteiger partial charge in [-0.3, -0.25) is 0 Å². The molecular formula is C54H34N2S. The second-order valence-corrected chi connectivity index (χ2v) is 16.0. The minimum atomic E-state index is 1.16. The van der Waals surface area contributed by atoms with Gasteiger partial charge in [-0.1, -0.05) is 140 Å². The molecule has 0 amide bonds. The van der Waals surface area contributed by atoms with E-state index in [1.165, 1.54) is 103 Å². The van der Waals surface area contributed by atoms with Gasteiger partial charge in [0.25, 0.3) is 0 Å². The van der Waals surface area contributed by atoms with Gasteiger partial charge in [0.15, 0.2) is 0 Å². The minimum Gasteiger partial charge on any atom is -0.309 e. The van der Waals surface area contributed by atoms with E-state index in [-0.39, 0.29) is 0 Å². The summed E-state index contributed by atoms with van der Waals surface area (Å²) in [5, 5.41) is 7.66. The van der Waals surface area contributed by atoms with Gasteiger partial charge < -0.3 is 9.13 Å². The number of para-hydroxylation sites is 1. The zero-order valence-corrected chi connectivity index (χ0v) is 31.7. The van der Waals surface area contributed by atoms with Gasteiger partial charge in [0, 0.05) is 53.1 Å². The standard InChI is InChI=1S/C54H34N2S/c1-3-12-35(13-4-1)36-22-26-40(27-23-36)55-48-19-9-7-16-43(48)46-32-38(24-30-49(46)55)39-25-31-50-47(33-39)54-42(37-14-5-2-6-15-37)18-11-20-51(54)56(50)41-28-29-45-44-17-8-10-21-52(44)57-53(45)34-41/h1-34H. The Morgan fingerprint density at radius 1 is 0.281 bits per heavy atom. The summed E-state index contributed by atoms with van der Waals surface area (Å²) in [6.07, 6.45) is 0. The summed E-state index contributed by atoms with van der Waals surface area (Å²) in [5.41, 5.74) is 14.5. The average Bonchev–Trinajstić information content (AvgIpc) is 3.94. The van der Waals surface area contributed by atoms with Crippen LogP contribution in [0.2, 0.25) is 0 Å². The summed E-state index contributed by atoms with van der Waals surface area (Å²) >= 11 is 1.87. The van der Waals surface area contributed by atoms with Crippen LogP contribution in [0.5, 0.6) is 0 Å². The largest absolute Gasteiger partial charge is 0.309 e. The zero-order valence-electron chi connectivity index (χ0n) is 30.9. The van der Waals surface area contributed by atoms with Crippen LogP contribution in [0.15, 0.2) is 206 Å². The molecule has 12 aromatic rings. The Hall–Kier alpha value is -7.20. The Morgan fingerprint density at radius 2 is 0.825 bits per heavy atom. The van der Waals surface area contributed by atoms with Crippen LogP contribution in [0.25, 0.3) is 109 Å². The first-order chi connectivity index (χ1) is 28.3. The molecule has 2 nitrogen and oxygen atoms in total. The third-order valence-electron chi connectivity index (χ3n) is 11.7. The van der Waals surface area contributed by atoms with Crippen molar-refractivity contribution in [1.29, 1.82) is 0 Å². The van der Waals surface area contributed by atoms with Crippen LogP contribution in [0, 0.1) is 0 Å². The van der Waals surface area contributed by atoms with E-state index in [1.54, 1.807) is 0 Å². The van der Waals surface area contributed by atoms with E-state index >= 15 is 0 Å². The van der Waals surface area contributed by atoms with Crippen LogP contribution >= 0.6 is 11.3 Å². The van der Waals surface area contributed by atoms with E-state index < -0.39 is 0 Å². The third kappa shape index (κ3) is 5.03. The number of aromatic nitrogens is 2. The molecule has 0 unspecified atom stereocenters. The van der Waals surface area contributed by atoms with Crippen molar-refractivity contribution in [2.45, 2.75) is 0 Å². The Balaban J connectivity index is 1.05. The maximum absolute atomic E-state index is 2.46. The highest BCUT2D eigenvalue weighted by Gasteiger charge is 2.19. The van der Waals surface area contributed by atoms with Crippen molar-refractivity contribution in [3.63, 3.8) is 0 Å². The maximum atomic E-state index is 2.46. The Morgan fingerprint density at radius 3 is 1.61 bits per heavy atom. The molecule has 0 aliphatic carbocycles. The van der Waals surface area contributed by atoms with E-state index in [1.807, 2.05) is 11.3 Å². The van der Waals surface area contributed by atoms with E-state index in [4.69, 9.17) is 0 Å². The molecule has 0 atom stereocenters. The van der Waals surface area contributed by atoms with Gasteiger partial charge in [-0.2, -0.15) is 0 Å². The molecule has 12 rings (SSSR count). The number of hydrogen-bond donors (Lipinski definition) is 0. The molecule has 0 aliphatic rings. The number of rotatable bonds is 5. The molecule has 9 aromatic carbocycles. The second kappa shape index (κ2) is 12.7. The fraction of sp³-hybridized carbons (Fsp3) is 0. The summed E-state index contributed by atoms with van der Waals surface area (Å²) in [7, 11) is 0. The fourth-order valence-corrected chi connectivity index (χ4v) is 10.2. The topological polar surface area (TPSA) is 9.86 Å². The van der Waals surface area contributed by atoms with Gasteiger partial charge in [-0.05, 0) is 100 Å².